The van der Waals surface area contributed by atoms with Gasteiger partial charge in [-0.1, -0.05) is 23.7 Å². The molecule has 4 nitrogen and oxygen atoms in total. The Morgan fingerprint density at radius 1 is 1.29 bits per heavy atom. The van der Waals surface area contributed by atoms with E-state index in [1.807, 2.05) is 18.2 Å². The van der Waals surface area contributed by atoms with Gasteiger partial charge in [-0.3, -0.25) is 0 Å². The molecule has 0 bridgehead atoms. The monoisotopic (exact) mass is 352 g/mol. The molecule has 0 aromatic heterocycles. The van der Waals surface area contributed by atoms with Crippen LogP contribution in [0.1, 0.15) is 18.4 Å². The lowest BCUT2D eigenvalue weighted by Crippen LogP contribution is -2.39. The van der Waals surface area contributed by atoms with Gasteiger partial charge >= 0.3 is 0 Å². The summed E-state index contributed by atoms with van der Waals surface area (Å²) in [5.74, 6) is -0.0829. The molecule has 0 aliphatic carbocycles. The van der Waals surface area contributed by atoms with Crippen molar-refractivity contribution in [3.8, 4) is 0 Å². The first-order chi connectivity index (χ1) is 9.89. The van der Waals surface area contributed by atoms with Gasteiger partial charge in [0.1, 0.15) is 0 Å². The lowest BCUT2D eigenvalue weighted by atomic mass is 9.83. The van der Waals surface area contributed by atoms with Gasteiger partial charge in [0, 0.05) is 34.3 Å². The second-order valence-electron chi connectivity index (χ2n) is 5.42. The molecular weight excluding hydrogens is 335 g/mol. The van der Waals surface area contributed by atoms with Crippen molar-refractivity contribution in [1.82, 2.24) is 0 Å². The molecule has 1 aromatic rings. The Morgan fingerprint density at radius 3 is 2.62 bits per heavy atom. The van der Waals surface area contributed by atoms with Crippen LogP contribution in [-0.4, -0.2) is 34.0 Å². The molecule has 1 saturated heterocycles. The van der Waals surface area contributed by atoms with Gasteiger partial charge in [0.05, 0.1) is 19.0 Å². The van der Waals surface area contributed by atoms with Crippen molar-refractivity contribution in [1.29, 1.82) is 0 Å². The van der Waals surface area contributed by atoms with Crippen LogP contribution in [0.3, 0.4) is 0 Å². The highest BCUT2D eigenvalue weighted by Gasteiger charge is 2.37. The fourth-order valence-corrected chi connectivity index (χ4v) is 4.52. The normalized spacial score (nSPS) is 18.6. The summed E-state index contributed by atoms with van der Waals surface area (Å²) >= 11 is 5.92. The third-order valence-corrected chi connectivity index (χ3v) is 5.12. The number of ether oxygens (including phenoxy) is 2. The second kappa shape index (κ2) is 7.29. The summed E-state index contributed by atoms with van der Waals surface area (Å²) in [6.07, 6.45) is 1.27. The Bertz CT molecular complexity index is 568. The summed E-state index contributed by atoms with van der Waals surface area (Å²) < 4.78 is 33.9. The Kier molecular flexibility index (Phi) is 5.91. The molecule has 2 rings (SSSR count). The molecule has 0 amide bonds. The van der Waals surface area contributed by atoms with Crippen LogP contribution in [0.4, 0.5) is 0 Å². The van der Waals surface area contributed by atoms with Crippen LogP contribution in [0.15, 0.2) is 24.3 Å². The summed E-state index contributed by atoms with van der Waals surface area (Å²) in [5, 5.41) is 0.653. The molecule has 7 heteroatoms. The van der Waals surface area contributed by atoms with Gasteiger partial charge in [0.25, 0.3) is 0 Å². The minimum atomic E-state index is -3.57. The molecule has 1 aliphatic heterocycles. The fraction of sp³-hybridized carbons (Fsp3) is 0.571. The summed E-state index contributed by atoms with van der Waals surface area (Å²) in [5.41, 5.74) is 0.496. The van der Waals surface area contributed by atoms with Gasteiger partial charge < -0.3 is 9.47 Å². The molecule has 0 atom stereocenters. The van der Waals surface area contributed by atoms with Crippen molar-refractivity contribution in [2.75, 3.05) is 25.6 Å². The third-order valence-electron chi connectivity index (χ3n) is 3.60. The minimum absolute atomic E-state index is 0.0829. The first-order valence-electron chi connectivity index (χ1n) is 6.71. The average molecular weight is 353 g/mol. The molecule has 118 valence electrons. The number of hydrogen-bond donors (Lipinski definition) is 0. The van der Waals surface area contributed by atoms with Crippen LogP contribution in [0.5, 0.6) is 0 Å². The molecule has 0 N–H and O–H groups in total. The molecule has 0 radical (unpaired) electrons. The van der Waals surface area contributed by atoms with Gasteiger partial charge in [-0.05, 0) is 30.5 Å². The maximum Gasteiger partial charge on any atom is 0.233 e. The van der Waals surface area contributed by atoms with Crippen LogP contribution in [0, 0.1) is 5.41 Å². The average Bonchev–Trinajstić information content (AvgIpc) is 2.37. The van der Waals surface area contributed by atoms with Crippen LogP contribution in [0.2, 0.25) is 5.02 Å². The van der Waals surface area contributed by atoms with Gasteiger partial charge in [0.15, 0.2) is 0 Å². The van der Waals surface area contributed by atoms with Gasteiger partial charge in [-0.15, -0.1) is 0 Å². The molecule has 1 fully saturated rings. The van der Waals surface area contributed by atoms with Crippen molar-refractivity contribution < 1.29 is 17.9 Å². The van der Waals surface area contributed by atoms with E-state index in [9.17, 15) is 8.42 Å². The maximum absolute atomic E-state index is 11.4. The van der Waals surface area contributed by atoms with E-state index >= 15 is 0 Å². The Hall–Kier alpha value is -0.330. The zero-order valence-corrected chi connectivity index (χ0v) is 13.9. The van der Waals surface area contributed by atoms with E-state index < -0.39 is 14.5 Å². The Morgan fingerprint density at radius 2 is 2.00 bits per heavy atom. The van der Waals surface area contributed by atoms with Crippen LogP contribution >= 0.6 is 22.3 Å². The van der Waals surface area contributed by atoms with Crippen molar-refractivity contribution in [3.05, 3.63) is 34.9 Å². The van der Waals surface area contributed by atoms with Crippen LogP contribution < -0.4 is 0 Å². The summed E-state index contributed by atoms with van der Waals surface area (Å²) in [6.45, 7) is 1.81. The first-order valence-corrected chi connectivity index (χ1v) is 9.57. The van der Waals surface area contributed by atoms with Gasteiger partial charge in [-0.2, -0.15) is 0 Å². The van der Waals surface area contributed by atoms with Gasteiger partial charge in [0.2, 0.25) is 9.05 Å². The zero-order chi connectivity index (χ0) is 15.3. The van der Waals surface area contributed by atoms with E-state index in [4.69, 9.17) is 31.8 Å². The third kappa shape index (κ3) is 5.75. The Balaban J connectivity index is 1.96. The second-order valence-corrected chi connectivity index (χ2v) is 8.63. The van der Waals surface area contributed by atoms with E-state index in [0.29, 0.717) is 44.3 Å². The number of hydrogen-bond acceptors (Lipinski definition) is 4. The van der Waals surface area contributed by atoms with Crippen molar-refractivity contribution >= 4 is 31.3 Å². The lowest BCUT2D eigenvalue weighted by molar-refractivity contribution is -0.0323. The van der Waals surface area contributed by atoms with E-state index in [1.165, 1.54) is 0 Å². The van der Waals surface area contributed by atoms with E-state index in [1.54, 1.807) is 6.07 Å². The van der Waals surface area contributed by atoms with Crippen molar-refractivity contribution in [3.63, 3.8) is 0 Å². The summed E-state index contributed by atoms with van der Waals surface area (Å²) in [4.78, 5) is 0. The number of rotatable bonds is 6. The lowest BCUT2D eigenvalue weighted by Gasteiger charge is -2.35. The molecule has 1 heterocycles. The van der Waals surface area contributed by atoms with E-state index in [0.717, 1.165) is 5.56 Å². The highest BCUT2D eigenvalue weighted by atomic mass is 35.7. The maximum atomic E-state index is 11.4. The molecular formula is C14H18Cl2O4S. The fourth-order valence-electron chi connectivity index (χ4n) is 2.51. The highest BCUT2D eigenvalue weighted by Crippen LogP contribution is 2.33. The molecule has 0 spiro atoms. The molecule has 0 unspecified atom stereocenters. The topological polar surface area (TPSA) is 52.6 Å². The van der Waals surface area contributed by atoms with Gasteiger partial charge in [-0.25, -0.2) is 8.42 Å². The van der Waals surface area contributed by atoms with Crippen LogP contribution in [-0.2, 0) is 25.1 Å². The smallest absolute Gasteiger partial charge is 0.233 e. The number of benzene rings is 1. The summed E-state index contributed by atoms with van der Waals surface area (Å²) in [6, 6.07) is 7.40. The number of halogens is 2. The van der Waals surface area contributed by atoms with Crippen molar-refractivity contribution in [2.45, 2.75) is 19.4 Å². The minimum Gasteiger partial charge on any atom is -0.381 e. The van der Waals surface area contributed by atoms with E-state index in [-0.39, 0.29) is 5.75 Å². The molecule has 21 heavy (non-hydrogen) atoms. The first kappa shape index (κ1) is 17.0. The molecule has 1 aromatic carbocycles. The SMILES string of the molecule is O=S(=O)(Cl)CC1(COCc2cccc(Cl)c2)CCOCC1. The Labute approximate surface area is 134 Å². The quantitative estimate of drug-likeness (QED) is 0.737. The summed E-state index contributed by atoms with van der Waals surface area (Å²) in [7, 11) is 1.86. The zero-order valence-electron chi connectivity index (χ0n) is 11.6. The van der Waals surface area contributed by atoms with Crippen LogP contribution in [0.25, 0.3) is 0 Å². The standard InChI is InChI=1S/C14H18Cl2O4S/c15-13-3-1-2-12(8-13)9-20-10-14(11-21(16,17)18)4-6-19-7-5-14/h1-3,8H,4-7,9-11H2. The molecule has 1 aliphatic rings. The predicted octanol–water partition coefficient (Wildman–Crippen LogP) is 3.22. The van der Waals surface area contributed by atoms with E-state index in [2.05, 4.69) is 0 Å². The predicted molar refractivity (Wildman–Crippen MR) is 83.2 cm³/mol. The molecule has 0 saturated carbocycles. The highest BCUT2D eigenvalue weighted by molar-refractivity contribution is 8.13. The van der Waals surface area contributed by atoms with Crippen molar-refractivity contribution in [2.24, 2.45) is 5.41 Å². The largest absolute Gasteiger partial charge is 0.381 e.